The zero-order chi connectivity index (χ0) is 13.8. The molecule has 1 N–H and O–H groups in total. The third-order valence-electron chi connectivity index (χ3n) is 2.51. The van der Waals surface area contributed by atoms with Crippen molar-refractivity contribution in [1.82, 2.24) is 14.5 Å². The summed E-state index contributed by atoms with van der Waals surface area (Å²) in [4.78, 5) is 19.2. The Bertz CT molecular complexity index is 578. The predicted molar refractivity (Wildman–Crippen MR) is 73.4 cm³/mol. The lowest BCUT2D eigenvalue weighted by Crippen LogP contribution is -2.04. The first-order chi connectivity index (χ1) is 9.04. The smallest absolute Gasteiger partial charge is 0.313 e. The van der Waals surface area contributed by atoms with Gasteiger partial charge in [-0.05, 0) is 25.5 Å². The molecule has 0 aliphatic rings. The van der Waals surface area contributed by atoms with Crippen molar-refractivity contribution in [3.63, 3.8) is 0 Å². The number of hydrogen-bond acceptors (Lipinski definition) is 4. The molecule has 6 heteroatoms. The Hall–Kier alpha value is -1.82. The lowest BCUT2D eigenvalue weighted by atomic mass is 10.2. The van der Waals surface area contributed by atoms with Gasteiger partial charge in [0.05, 0.1) is 18.0 Å². The van der Waals surface area contributed by atoms with E-state index in [1.807, 2.05) is 42.9 Å². The van der Waals surface area contributed by atoms with Gasteiger partial charge in [-0.3, -0.25) is 9.78 Å². The van der Waals surface area contributed by atoms with Gasteiger partial charge in [-0.1, -0.05) is 17.8 Å². The van der Waals surface area contributed by atoms with Gasteiger partial charge in [0.1, 0.15) is 0 Å². The average molecular weight is 277 g/mol. The van der Waals surface area contributed by atoms with E-state index in [9.17, 15) is 4.79 Å². The molecule has 2 aromatic heterocycles. The van der Waals surface area contributed by atoms with Crippen LogP contribution < -0.4 is 0 Å². The highest BCUT2D eigenvalue weighted by Gasteiger charge is 2.09. The number of thioether (sulfide) groups is 1. The maximum Gasteiger partial charge on any atom is 0.313 e. The molecule has 0 bridgehead atoms. The minimum Gasteiger partial charge on any atom is -0.481 e. The average Bonchev–Trinajstić information content (AvgIpc) is 2.70. The van der Waals surface area contributed by atoms with Gasteiger partial charge in [-0.15, -0.1) is 0 Å². The van der Waals surface area contributed by atoms with Crippen LogP contribution in [0.4, 0.5) is 0 Å². The molecule has 2 rings (SSSR count). The number of nitrogens with zero attached hydrogens (tertiary/aromatic N) is 3. The number of carboxylic acids is 1. The van der Waals surface area contributed by atoms with Crippen molar-refractivity contribution in [2.75, 3.05) is 5.75 Å². The van der Waals surface area contributed by atoms with Crippen molar-refractivity contribution in [3.8, 4) is 0 Å². The number of imidazole rings is 1. The number of rotatable bonds is 5. The van der Waals surface area contributed by atoms with Gasteiger partial charge >= 0.3 is 5.97 Å². The molecule has 0 aliphatic heterocycles. The van der Waals surface area contributed by atoms with Gasteiger partial charge in [0, 0.05) is 18.1 Å². The van der Waals surface area contributed by atoms with E-state index in [2.05, 4.69) is 9.97 Å². The fraction of sp³-hybridized carbons (Fsp3) is 0.308. The summed E-state index contributed by atoms with van der Waals surface area (Å²) in [6, 6.07) is 3.98. The molecule has 5 nitrogen and oxygen atoms in total. The summed E-state index contributed by atoms with van der Waals surface area (Å²) in [6.07, 6.45) is 3.75. The molecule has 0 atom stereocenters. The van der Waals surface area contributed by atoms with Crippen molar-refractivity contribution in [1.29, 1.82) is 0 Å². The third kappa shape index (κ3) is 3.82. The highest BCUT2D eigenvalue weighted by molar-refractivity contribution is 7.99. The lowest BCUT2D eigenvalue weighted by molar-refractivity contribution is -0.133. The highest BCUT2D eigenvalue weighted by atomic mass is 32.2. The Morgan fingerprint density at radius 1 is 1.37 bits per heavy atom. The monoisotopic (exact) mass is 277 g/mol. The summed E-state index contributed by atoms with van der Waals surface area (Å²) < 4.78 is 1.95. The van der Waals surface area contributed by atoms with Crippen LogP contribution in [0.2, 0.25) is 0 Å². The zero-order valence-corrected chi connectivity index (χ0v) is 11.6. The molecule has 2 heterocycles. The van der Waals surface area contributed by atoms with Gasteiger partial charge in [-0.2, -0.15) is 0 Å². The zero-order valence-electron chi connectivity index (χ0n) is 10.8. The van der Waals surface area contributed by atoms with Crippen LogP contribution in [0.5, 0.6) is 0 Å². The fourth-order valence-electron chi connectivity index (χ4n) is 1.67. The molecule has 0 saturated carbocycles. The van der Waals surface area contributed by atoms with Crippen LogP contribution in [-0.2, 0) is 11.3 Å². The van der Waals surface area contributed by atoms with Crippen molar-refractivity contribution in [2.24, 2.45) is 0 Å². The summed E-state index contributed by atoms with van der Waals surface area (Å²) in [5.74, 6) is -0.822. The van der Waals surface area contributed by atoms with Gasteiger partial charge in [0.25, 0.3) is 0 Å². The molecule has 19 heavy (non-hydrogen) atoms. The summed E-state index contributed by atoms with van der Waals surface area (Å²) >= 11 is 1.23. The molecule has 2 aromatic rings. The Labute approximate surface area is 115 Å². The second kappa shape index (κ2) is 5.88. The van der Waals surface area contributed by atoms with Crippen LogP contribution in [0.1, 0.15) is 17.0 Å². The Balaban J connectivity index is 2.15. The highest BCUT2D eigenvalue weighted by Crippen LogP contribution is 2.18. The van der Waals surface area contributed by atoms with Crippen LogP contribution in [0, 0.1) is 13.8 Å². The number of aliphatic carboxylic acids is 1. The largest absolute Gasteiger partial charge is 0.481 e. The van der Waals surface area contributed by atoms with Gasteiger partial charge in [-0.25, -0.2) is 4.98 Å². The second-order valence-corrected chi connectivity index (χ2v) is 5.23. The SMILES string of the molecule is Cc1ccc(Cn2cc(C)nc2SCC(=O)O)cn1. The molecule has 0 fully saturated rings. The van der Waals surface area contributed by atoms with Crippen LogP contribution >= 0.6 is 11.8 Å². The van der Waals surface area contributed by atoms with E-state index in [0.29, 0.717) is 6.54 Å². The van der Waals surface area contributed by atoms with E-state index in [4.69, 9.17) is 5.11 Å². The van der Waals surface area contributed by atoms with Crippen molar-refractivity contribution >= 4 is 17.7 Å². The molecule has 100 valence electrons. The van der Waals surface area contributed by atoms with E-state index in [1.54, 1.807) is 0 Å². The van der Waals surface area contributed by atoms with E-state index in [-0.39, 0.29) is 5.75 Å². The first-order valence-corrected chi connectivity index (χ1v) is 6.83. The number of hydrogen-bond donors (Lipinski definition) is 1. The van der Waals surface area contributed by atoms with Crippen LogP contribution in [0.15, 0.2) is 29.7 Å². The number of aromatic nitrogens is 3. The topological polar surface area (TPSA) is 68.0 Å². The van der Waals surface area contributed by atoms with Crippen molar-refractivity contribution < 1.29 is 9.90 Å². The number of carboxylic acid groups (broad SMARTS) is 1. The first-order valence-electron chi connectivity index (χ1n) is 5.84. The Morgan fingerprint density at radius 3 is 2.79 bits per heavy atom. The summed E-state index contributed by atoms with van der Waals surface area (Å²) in [5.41, 5.74) is 2.93. The molecule has 0 aliphatic carbocycles. The maximum absolute atomic E-state index is 10.6. The summed E-state index contributed by atoms with van der Waals surface area (Å²) in [6.45, 7) is 4.49. The Kier molecular flexibility index (Phi) is 4.21. The summed E-state index contributed by atoms with van der Waals surface area (Å²) in [5, 5.41) is 9.45. The minimum absolute atomic E-state index is 0.0165. The number of pyridine rings is 1. The molecule has 0 amide bonds. The van der Waals surface area contributed by atoms with Crippen LogP contribution in [0.25, 0.3) is 0 Å². The molecule has 0 radical (unpaired) electrons. The van der Waals surface area contributed by atoms with E-state index >= 15 is 0 Å². The Morgan fingerprint density at radius 2 is 2.16 bits per heavy atom. The molecular weight excluding hydrogens is 262 g/mol. The van der Waals surface area contributed by atoms with Crippen LogP contribution in [-0.4, -0.2) is 31.4 Å². The standard InChI is InChI=1S/C13H15N3O2S/c1-9-3-4-11(5-14-9)7-16-6-10(2)15-13(16)19-8-12(17)18/h3-6H,7-8H2,1-2H3,(H,17,18). The molecule has 0 unspecified atom stereocenters. The molecular formula is C13H15N3O2S. The molecule has 0 spiro atoms. The predicted octanol–water partition coefficient (Wildman–Crippen LogP) is 2.12. The second-order valence-electron chi connectivity index (χ2n) is 4.28. The number of carbonyl (C=O) groups is 1. The van der Waals surface area contributed by atoms with Gasteiger partial charge < -0.3 is 9.67 Å². The molecule has 0 aromatic carbocycles. The summed E-state index contributed by atoms with van der Waals surface area (Å²) in [7, 11) is 0. The fourth-order valence-corrected chi connectivity index (χ4v) is 2.41. The van der Waals surface area contributed by atoms with E-state index in [0.717, 1.165) is 22.1 Å². The van der Waals surface area contributed by atoms with Crippen LogP contribution in [0.3, 0.4) is 0 Å². The number of aryl methyl sites for hydroxylation is 2. The van der Waals surface area contributed by atoms with E-state index < -0.39 is 5.97 Å². The van der Waals surface area contributed by atoms with Gasteiger partial charge in [0.15, 0.2) is 5.16 Å². The third-order valence-corrected chi connectivity index (χ3v) is 3.49. The minimum atomic E-state index is -0.839. The normalized spacial score (nSPS) is 10.6. The maximum atomic E-state index is 10.6. The molecule has 0 saturated heterocycles. The lowest BCUT2D eigenvalue weighted by Gasteiger charge is -2.06. The van der Waals surface area contributed by atoms with Crippen molar-refractivity contribution in [2.45, 2.75) is 25.5 Å². The van der Waals surface area contributed by atoms with Crippen molar-refractivity contribution in [3.05, 3.63) is 41.5 Å². The first kappa shape index (κ1) is 13.6. The van der Waals surface area contributed by atoms with E-state index in [1.165, 1.54) is 11.8 Å². The quantitative estimate of drug-likeness (QED) is 0.848. The van der Waals surface area contributed by atoms with Gasteiger partial charge in [0.2, 0.25) is 0 Å².